The van der Waals surface area contributed by atoms with Crippen LogP contribution in [0.25, 0.3) is 11.2 Å². The fraction of sp³-hybridized carbons (Fsp3) is 0.476. The zero-order chi connectivity index (χ0) is 22.9. The van der Waals surface area contributed by atoms with Gasteiger partial charge in [0.05, 0.1) is 18.0 Å². The van der Waals surface area contributed by atoms with E-state index in [0.717, 1.165) is 23.6 Å². The zero-order valence-corrected chi connectivity index (χ0v) is 17.3. The quantitative estimate of drug-likeness (QED) is 0.500. The van der Waals surface area contributed by atoms with Gasteiger partial charge in [-0.1, -0.05) is 12.1 Å². The Morgan fingerprint density at radius 3 is 2.72 bits per heavy atom. The maximum atomic E-state index is 13.3. The van der Waals surface area contributed by atoms with Crippen LogP contribution >= 0.6 is 0 Å². The number of para-hydroxylation sites is 1. The Hall–Kier alpha value is -2.98. The molecule has 11 heteroatoms. The van der Waals surface area contributed by atoms with Crippen molar-refractivity contribution in [2.45, 2.75) is 45.0 Å². The molecule has 4 rings (SSSR count). The van der Waals surface area contributed by atoms with Gasteiger partial charge in [-0.3, -0.25) is 0 Å². The molecular weight excluding hydrogens is 433 g/mol. The second-order valence-corrected chi connectivity index (χ2v) is 7.82. The lowest BCUT2D eigenvalue weighted by atomic mass is 9.93. The second-order valence-electron chi connectivity index (χ2n) is 7.82. The van der Waals surface area contributed by atoms with Crippen LogP contribution in [0.2, 0.25) is 0 Å². The summed E-state index contributed by atoms with van der Waals surface area (Å²) in [7, 11) is 0. The van der Waals surface area contributed by atoms with E-state index in [1.807, 2.05) is 4.90 Å². The van der Waals surface area contributed by atoms with Crippen molar-refractivity contribution in [3.8, 4) is 5.75 Å². The van der Waals surface area contributed by atoms with Crippen LogP contribution in [0.4, 0.5) is 27.8 Å². The van der Waals surface area contributed by atoms with Gasteiger partial charge in [-0.05, 0) is 31.9 Å². The van der Waals surface area contributed by atoms with Gasteiger partial charge in [-0.15, -0.1) is 0 Å². The van der Waals surface area contributed by atoms with Gasteiger partial charge in [0.2, 0.25) is 0 Å². The molecule has 3 heterocycles. The third-order valence-electron chi connectivity index (χ3n) is 5.59. The molecule has 0 aliphatic carbocycles. The van der Waals surface area contributed by atoms with Gasteiger partial charge in [0, 0.05) is 19.0 Å². The van der Waals surface area contributed by atoms with Gasteiger partial charge < -0.3 is 9.64 Å². The van der Waals surface area contributed by atoms with E-state index in [-0.39, 0.29) is 17.3 Å². The average molecular weight is 455 g/mol. The van der Waals surface area contributed by atoms with Gasteiger partial charge in [-0.25, -0.2) is 23.4 Å². The van der Waals surface area contributed by atoms with Crippen molar-refractivity contribution >= 4 is 17.0 Å². The van der Waals surface area contributed by atoms with Crippen LogP contribution in [0.3, 0.4) is 0 Å². The molecule has 32 heavy (non-hydrogen) atoms. The predicted octanol–water partition coefficient (Wildman–Crippen LogP) is 4.79. The summed E-state index contributed by atoms with van der Waals surface area (Å²) in [5, 5.41) is 3.92. The molecule has 1 aliphatic rings. The molecule has 1 aliphatic heterocycles. The van der Waals surface area contributed by atoms with Crippen LogP contribution in [0.5, 0.6) is 5.75 Å². The van der Waals surface area contributed by atoms with Gasteiger partial charge in [0.15, 0.2) is 5.65 Å². The lowest BCUT2D eigenvalue weighted by Crippen LogP contribution is -2.41. The molecule has 0 N–H and O–H groups in total. The Morgan fingerprint density at radius 2 is 1.97 bits per heavy atom. The minimum Gasteiger partial charge on any atom is -0.490 e. The van der Waals surface area contributed by atoms with Crippen LogP contribution in [0.15, 0.2) is 36.7 Å². The van der Waals surface area contributed by atoms with E-state index in [2.05, 4.69) is 15.1 Å². The number of rotatable bonds is 6. The molecule has 0 spiro atoms. The fourth-order valence-corrected chi connectivity index (χ4v) is 3.96. The van der Waals surface area contributed by atoms with Crippen molar-refractivity contribution in [2.75, 3.05) is 18.0 Å². The Balaban J connectivity index is 1.50. The Kier molecular flexibility index (Phi) is 6.16. The summed E-state index contributed by atoms with van der Waals surface area (Å²) in [4.78, 5) is 10.7. The molecule has 0 bridgehead atoms. The Labute approximate surface area is 181 Å². The molecule has 0 amide bonds. The highest BCUT2D eigenvalue weighted by molar-refractivity contribution is 5.71. The molecule has 0 unspecified atom stereocenters. The molecule has 1 fully saturated rings. The first-order chi connectivity index (χ1) is 15.2. The first-order valence-electron chi connectivity index (χ1n) is 10.3. The van der Waals surface area contributed by atoms with E-state index >= 15 is 0 Å². The smallest absolute Gasteiger partial charge is 0.419 e. The lowest BCUT2D eigenvalue weighted by Gasteiger charge is -2.36. The number of anilines is 1. The minimum absolute atomic E-state index is 0.0477. The van der Waals surface area contributed by atoms with Gasteiger partial charge in [-0.2, -0.15) is 18.3 Å². The molecule has 172 valence electrons. The van der Waals surface area contributed by atoms with Gasteiger partial charge in [0.1, 0.15) is 29.7 Å². The number of hydrogen-bond donors (Lipinski definition) is 0. The van der Waals surface area contributed by atoms with Gasteiger partial charge in [0.25, 0.3) is 6.43 Å². The van der Waals surface area contributed by atoms with Crippen LogP contribution < -0.4 is 9.64 Å². The van der Waals surface area contributed by atoms with Crippen LogP contribution in [0.1, 0.15) is 25.3 Å². The average Bonchev–Trinajstić information content (AvgIpc) is 3.15. The van der Waals surface area contributed by atoms with E-state index in [1.165, 1.54) is 24.4 Å². The number of nitrogens with zero attached hydrogens (tertiary/aromatic N) is 5. The number of alkyl halides is 5. The summed E-state index contributed by atoms with van der Waals surface area (Å²) >= 11 is 0. The number of benzene rings is 1. The third kappa shape index (κ3) is 4.76. The summed E-state index contributed by atoms with van der Waals surface area (Å²) in [5.74, 6) is 0.274. The number of hydrogen-bond acceptors (Lipinski definition) is 5. The SMILES string of the molecule is C[C@H](Oc1ccccc1C(F)(F)F)[C@H]1CCCN(c2cnc3cnn(CC(F)F)c3n2)C1. The first kappa shape index (κ1) is 22.2. The molecule has 0 saturated carbocycles. The highest BCUT2D eigenvalue weighted by Crippen LogP contribution is 2.37. The zero-order valence-electron chi connectivity index (χ0n) is 17.3. The largest absolute Gasteiger partial charge is 0.490 e. The highest BCUT2D eigenvalue weighted by Gasteiger charge is 2.35. The number of aromatic nitrogens is 4. The number of ether oxygens (including phenoxy) is 1. The normalized spacial score (nSPS) is 18.3. The Morgan fingerprint density at radius 1 is 1.19 bits per heavy atom. The third-order valence-corrected chi connectivity index (χ3v) is 5.59. The van der Waals surface area contributed by atoms with E-state index < -0.39 is 30.8 Å². The van der Waals surface area contributed by atoms with Crippen molar-refractivity contribution in [2.24, 2.45) is 5.92 Å². The monoisotopic (exact) mass is 455 g/mol. The standard InChI is InChI=1S/C21H22F5N5O/c1-13(32-17-7-3-2-6-15(17)21(24,25)26)14-5-4-8-30(11-14)19-10-27-16-9-28-31(12-18(22)23)20(16)29-19/h2-3,6-7,9-10,13-14,18H,4-5,8,11-12H2,1H3/t13-,14-/m0/s1. The molecule has 2 atom stereocenters. The summed E-state index contributed by atoms with van der Waals surface area (Å²) in [6.45, 7) is 2.35. The van der Waals surface area contributed by atoms with Crippen LogP contribution in [-0.4, -0.2) is 45.4 Å². The number of halogens is 5. The molecule has 1 aromatic carbocycles. The summed E-state index contributed by atoms with van der Waals surface area (Å²) < 4.78 is 72.3. The van der Waals surface area contributed by atoms with Crippen molar-refractivity contribution in [3.63, 3.8) is 0 Å². The van der Waals surface area contributed by atoms with Crippen LogP contribution in [-0.2, 0) is 12.7 Å². The fourth-order valence-electron chi connectivity index (χ4n) is 3.96. The summed E-state index contributed by atoms with van der Waals surface area (Å²) in [6, 6.07) is 5.17. The topological polar surface area (TPSA) is 56.1 Å². The van der Waals surface area contributed by atoms with Crippen LogP contribution in [0, 0.1) is 5.92 Å². The maximum Gasteiger partial charge on any atom is 0.419 e. The van der Waals surface area contributed by atoms with Crippen molar-refractivity contribution < 1.29 is 26.7 Å². The van der Waals surface area contributed by atoms with Crippen molar-refractivity contribution in [3.05, 3.63) is 42.2 Å². The van der Waals surface area contributed by atoms with Crippen molar-refractivity contribution in [1.29, 1.82) is 0 Å². The molecule has 3 aromatic rings. The number of piperidine rings is 1. The predicted molar refractivity (Wildman–Crippen MR) is 108 cm³/mol. The van der Waals surface area contributed by atoms with E-state index in [4.69, 9.17) is 4.74 Å². The van der Waals surface area contributed by atoms with Crippen molar-refractivity contribution in [1.82, 2.24) is 19.7 Å². The highest BCUT2D eigenvalue weighted by atomic mass is 19.4. The first-order valence-corrected chi connectivity index (χ1v) is 10.3. The number of fused-ring (bicyclic) bond motifs is 1. The minimum atomic E-state index is -4.50. The van der Waals surface area contributed by atoms with Gasteiger partial charge >= 0.3 is 6.18 Å². The Bertz CT molecular complexity index is 1070. The maximum absolute atomic E-state index is 13.3. The van der Waals surface area contributed by atoms with E-state index in [0.29, 0.717) is 24.4 Å². The van der Waals surface area contributed by atoms with E-state index in [9.17, 15) is 22.0 Å². The lowest BCUT2D eigenvalue weighted by molar-refractivity contribution is -0.139. The summed E-state index contributed by atoms with van der Waals surface area (Å²) in [5.41, 5.74) is -0.111. The van der Waals surface area contributed by atoms with E-state index in [1.54, 1.807) is 13.1 Å². The summed E-state index contributed by atoms with van der Waals surface area (Å²) in [6.07, 6.45) is -3.02. The molecule has 2 aromatic heterocycles. The molecule has 6 nitrogen and oxygen atoms in total. The second kappa shape index (κ2) is 8.87. The molecular formula is C21H22F5N5O. The molecule has 0 radical (unpaired) electrons. The molecule has 1 saturated heterocycles.